The van der Waals surface area contributed by atoms with Crippen molar-refractivity contribution in [3.63, 3.8) is 0 Å². The first kappa shape index (κ1) is 27.9. The van der Waals surface area contributed by atoms with E-state index in [4.69, 9.17) is 9.57 Å². The number of nitrogens with zero attached hydrogens (tertiary/aromatic N) is 1. The number of carbonyl (C=O) groups is 1. The number of benzene rings is 2. The van der Waals surface area contributed by atoms with Crippen LogP contribution in [-0.2, 0) is 16.1 Å². The summed E-state index contributed by atoms with van der Waals surface area (Å²) in [5, 5.41) is 2.99. The normalized spacial score (nSPS) is 16.9. The minimum atomic E-state index is -0.454. The Hall–Kier alpha value is -2.67. The van der Waals surface area contributed by atoms with Crippen LogP contribution in [0.3, 0.4) is 0 Å². The molecule has 0 bridgehead atoms. The first-order valence-corrected chi connectivity index (χ1v) is 13.1. The van der Waals surface area contributed by atoms with Gasteiger partial charge < -0.3 is 14.9 Å². The topological polar surface area (TPSA) is 62.8 Å². The summed E-state index contributed by atoms with van der Waals surface area (Å²) in [4.78, 5) is 19.2. The van der Waals surface area contributed by atoms with Crippen molar-refractivity contribution in [2.45, 2.75) is 70.6 Å². The highest BCUT2D eigenvalue weighted by Crippen LogP contribution is 2.39. The lowest BCUT2D eigenvalue weighted by molar-refractivity contribution is 0.0477. The molecule has 0 unspecified atom stereocenters. The molecule has 4 rings (SSSR count). The van der Waals surface area contributed by atoms with Crippen LogP contribution in [0.4, 0.5) is 4.79 Å². The first-order chi connectivity index (χ1) is 17.3. The SMILES string of the molecule is CONC/C=C/c1cccc(CN2CCC(NC(=O)OC(C)(C)C)CC2)c1.c1ccc(C2CC2)cc1. The number of rotatable bonds is 8. The average Bonchev–Trinajstić information content (AvgIpc) is 3.69. The van der Waals surface area contributed by atoms with Gasteiger partial charge in [-0.2, -0.15) is 5.48 Å². The van der Waals surface area contributed by atoms with Crippen LogP contribution in [0.1, 0.15) is 69.1 Å². The molecule has 0 atom stereocenters. The molecule has 2 aliphatic rings. The van der Waals surface area contributed by atoms with Gasteiger partial charge in [0, 0.05) is 32.2 Å². The van der Waals surface area contributed by atoms with Crippen molar-refractivity contribution in [3.8, 4) is 0 Å². The lowest BCUT2D eigenvalue weighted by atomic mass is 10.0. The zero-order chi connectivity index (χ0) is 25.8. The highest BCUT2D eigenvalue weighted by atomic mass is 16.6. The third-order valence-electron chi connectivity index (χ3n) is 6.17. The molecule has 2 fully saturated rings. The summed E-state index contributed by atoms with van der Waals surface area (Å²) in [6.45, 7) is 9.19. The predicted octanol–water partition coefficient (Wildman–Crippen LogP) is 5.90. The molecule has 2 N–H and O–H groups in total. The molecule has 0 spiro atoms. The molecule has 6 nitrogen and oxygen atoms in total. The second kappa shape index (κ2) is 14.2. The molecule has 1 amide bonds. The molecule has 1 aliphatic carbocycles. The van der Waals surface area contributed by atoms with Crippen LogP contribution in [0.15, 0.2) is 60.7 Å². The Morgan fingerprint density at radius 3 is 2.39 bits per heavy atom. The van der Waals surface area contributed by atoms with Crippen molar-refractivity contribution in [2.24, 2.45) is 0 Å². The van der Waals surface area contributed by atoms with Gasteiger partial charge in [-0.25, -0.2) is 4.79 Å². The highest BCUT2D eigenvalue weighted by molar-refractivity contribution is 5.68. The van der Waals surface area contributed by atoms with Crippen molar-refractivity contribution in [3.05, 3.63) is 77.4 Å². The second-order valence-corrected chi connectivity index (χ2v) is 10.6. The molecule has 6 heteroatoms. The van der Waals surface area contributed by atoms with Gasteiger partial charge >= 0.3 is 6.09 Å². The van der Waals surface area contributed by atoms with Crippen LogP contribution >= 0.6 is 0 Å². The van der Waals surface area contributed by atoms with Crippen molar-refractivity contribution in [2.75, 3.05) is 26.7 Å². The van der Waals surface area contributed by atoms with E-state index >= 15 is 0 Å². The van der Waals surface area contributed by atoms with Crippen LogP contribution in [0.5, 0.6) is 0 Å². The quantitative estimate of drug-likeness (QED) is 0.354. The third kappa shape index (κ3) is 10.9. The standard InChI is InChI=1S/C21H33N3O3.C9H10/c1-21(2,3)27-20(25)23-19-10-13-24(14-11-19)16-18-8-5-7-17(15-18)9-6-12-22-26-4;1-2-4-8(5-3-1)9-6-7-9/h5-9,15,19,22H,10-14,16H2,1-4H3,(H,23,25);1-5,9H,6-7H2/b9-6+;. The van der Waals surface area contributed by atoms with E-state index in [1.807, 2.05) is 26.8 Å². The third-order valence-corrected chi connectivity index (χ3v) is 6.17. The van der Waals surface area contributed by atoms with E-state index in [2.05, 4.69) is 76.4 Å². The Labute approximate surface area is 217 Å². The Morgan fingerprint density at radius 1 is 1.03 bits per heavy atom. The van der Waals surface area contributed by atoms with E-state index in [0.717, 1.165) is 38.4 Å². The smallest absolute Gasteiger partial charge is 0.407 e. The number of ether oxygens (including phenoxy) is 1. The summed E-state index contributed by atoms with van der Waals surface area (Å²) in [7, 11) is 1.61. The number of alkyl carbamates (subject to hydrolysis) is 1. The summed E-state index contributed by atoms with van der Waals surface area (Å²) in [6, 6.07) is 19.5. The van der Waals surface area contributed by atoms with Gasteiger partial charge in [0.25, 0.3) is 0 Å². The molecule has 0 radical (unpaired) electrons. The zero-order valence-electron chi connectivity index (χ0n) is 22.3. The Kier molecular flexibility index (Phi) is 11.0. The fourth-order valence-electron chi connectivity index (χ4n) is 4.23. The minimum absolute atomic E-state index is 0.193. The monoisotopic (exact) mass is 493 g/mol. The van der Waals surface area contributed by atoms with Crippen LogP contribution in [0.25, 0.3) is 6.08 Å². The predicted molar refractivity (Wildman–Crippen MR) is 147 cm³/mol. The highest BCUT2D eigenvalue weighted by Gasteiger charge is 2.24. The minimum Gasteiger partial charge on any atom is -0.444 e. The maximum Gasteiger partial charge on any atom is 0.407 e. The molecule has 1 saturated heterocycles. The van der Waals surface area contributed by atoms with E-state index in [0.29, 0.717) is 6.54 Å². The van der Waals surface area contributed by atoms with Gasteiger partial charge in [-0.15, -0.1) is 0 Å². The molecule has 1 heterocycles. The van der Waals surface area contributed by atoms with Crippen LogP contribution in [0.2, 0.25) is 0 Å². The van der Waals surface area contributed by atoms with Crippen LogP contribution in [0, 0.1) is 0 Å². The Bertz CT molecular complexity index is 943. The van der Waals surface area contributed by atoms with Crippen molar-refractivity contribution >= 4 is 12.2 Å². The summed E-state index contributed by atoms with van der Waals surface area (Å²) < 4.78 is 5.34. The number of piperidine rings is 1. The molecular weight excluding hydrogens is 450 g/mol. The second-order valence-electron chi connectivity index (χ2n) is 10.6. The molecule has 1 aliphatic heterocycles. The number of nitrogens with one attached hydrogen (secondary N) is 2. The number of amides is 1. The van der Waals surface area contributed by atoms with Gasteiger partial charge in [0.15, 0.2) is 0 Å². The number of hydroxylamine groups is 1. The van der Waals surface area contributed by atoms with E-state index in [1.165, 1.54) is 29.5 Å². The lowest BCUT2D eigenvalue weighted by Crippen LogP contribution is -2.45. The average molecular weight is 494 g/mol. The van der Waals surface area contributed by atoms with Gasteiger partial charge in [-0.1, -0.05) is 66.7 Å². The van der Waals surface area contributed by atoms with E-state index in [-0.39, 0.29) is 12.1 Å². The Balaban J connectivity index is 0.000000331. The Morgan fingerprint density at radius 2 is 1.75 bits per heavy atom. The first-order valence-electron chi connectivity index (χ1n) is 13.1. The largest absolute Gasteiger partial charge is 0.444 e. The van der Waals surface area contributed by atoms with Crippen LogP contribution < -0.4 is 10.8 Å². The molecule has 1 saturated carbocycles. The van der Waals surface area contributed by atoms with Crippen molar-refractivity contribution in [1.29, 1.82) is 0 Å². The maximum absolute atomic E-state index is 11.9. The van der Waals surface area contributed by atoms with Gasteiger partial charge in [-0.05, 0) is 69.1 Å². The molecule has 196 valence electrons. The summed E-state index contributed by atoms with van der Waals surface area (Å²) >= 11 is 0. The number of likely N-dealkylation sites (tertiary alicyclic amines) is 1. The number of carbonyl (C=O) groups excluding carboxylic acids is 1. The molecular formula is C30H43N3O3. The van der Waals surface area contributed by atoms with Gasteiger partial charge in [0.2, 0.25) is 0 Å². The van der Waals surface area contributed by atoms with Crippen LogP contribution in [-0.4, -0.2) is 49.4 Å². The summed E-state index contributed by atoms with van der Waals surface area (Å²) in [5.74, 6) is 0.909. The van der Waals surface area contributed by atoms with E-state index in [9.17, 15) is 4.79 Å². The van der Waals surface area contributed by atoms with E-state index in [1.54, 1.807) is 7.11 Å². The van der Waals surface area contributed by atoms with Gasteiger partial charge in [0.05, 0.1) is 7.11 Å². The fourth-order valence-corrected chi connectivity index (χ4v) is 4.23. The van der Waals surface area contributed by atoms with Gasteiger partial charge in [0.1, 0.15) is 5.60 Å². The maximum atomic E-state index is 11.9. The van der Waals surface area contributed by atoms with E-state index < -0.39 is 5.60 Å². The molecule has 0 aromatic heterocycles. The molecule has 2 aromatic rings. The summed E-state index contributed by atoms with van der Waals surface area (Å²) in [6.07, 6.45) is 8.52. The molecule has 2 aromatic carbocycles. The van der Waals surface area contributed by atoms with Gasteiger partial charge in [-0.3, -0.25) is 4.90 Å². The lowest BCUT2D eigenvalue weighted by Gasteiger charge is -2.32. The zero-order valence-corrected chi connectivity index (χ0v) is 22.3. The molecule has 36 heavy (non-hydrogen) atoms. The number of hydrogen-bond donors (Lipinski definition) is 2. The summed E-state index contributed by atoms with van der Waals surface area (Å²) in [5.41, 5.74) is 6.35. The van der Waals surface area contributed by atoms with Crippen molar-refractivity contribution in [1.82, 2.24) is 15.7 Å². The number of hydrogen-bond acceptors (Lipinski definition) is 5. The fraction of sp³-hybridized carbons (Fsp3) is 0.500. The van der Waals surface area contributed by atoms with Crippen molar-refractivity contribution < 1.29 is 14.4 Å².